The first-order chi connectivity index (χ1) is 8.56. The Kier molecular flexibility index (Phi) is 4.07. The van der Waals surface area contributed by atoms with E-state index in [0.29, 0.717) is 21.7 Å². The van der Waals surface area contributed by atoms with Crippen LogP contribution in [0.2, 0.25) is 10.0 Å². The average molecular weight is 283 g/mol. The van der Waals surface area contributed by atoms with Crippen LogP contribution in [0.1, 0.15) is 18.5 Å². The average Bonchev–Trinajstić information content (AvgIpc) is 2.33. The number of benzene rings is 1. The summed E-state index contributed by atoms with van der Waals surface area (Å²) in [5.41, 5.74) is 6.69. The highest BCUT2D eigenvalue weighted by Crippen LogP contribution is 2.30. The maximum atomic E-state index is 6.00. The molecule has 0 aliphatic heterocycles. The number of halogens is 2. The summed E-state index contributed by atoms with van der Waals surface area (Å²) < 4.78 is 5.56. The van der Waals surface area contributed by atoms with E-state index in [9.17, 15) is 0 Å². The summed E-state index contributed by atoms with van der Waals surface area (Å²) in [4.78, 5) is 4.16. The number of rotatable bonds is 3. The summed E-state index contributed by atoms with van der Waals surface area (Å²) in [6, 6.07) is 8.60. The molecule has 5 heteroatoms. The molecule has 0 aliphatic rings. The maximum Gasteiger partial charge on any atom is 0.219 e. The smallest absolute Gasteiger partial charge is 0.219 e. The van der Waals surface area contributed by atoms with Gasteiger partial charge in [0.05, 0.1) is 5.02 Å². The molecule has 0 unspecified atom stereocenters. The quantitative estimate of drug-likeness (QED) is 0.918. The van der Waals surface area contributed by atoms with Crippen molar-refractivity contribution in [2.24, 2.45) is 5.73 Å². The van der Waals surface area contributed by atoms with Crippen LogP contribution in [0.4, 0.5) is 0 Å². The zero-order valence-corrected chi connectivity index (χ0v) is 11.2. The van der Waals surface area contributed by atoms with E-state index >= 15 is 0 Å². The lowest BCUT2D eigenvalue weighted by Crippen LogP contribution is -2.05. The second-order valence-corrected chi connectivity index (χ2v) is 4.74. The lowest BCUT2D eigenvalue weighted by atomic mass is 10.2. The standard InChI is InChI=1S/C13H12Cl2N2O/c1-8(16)9-2-5-13(17-7-9)18-12-4-3-10(14)6-11(12)15/h2-8H,16H2,1H3/t8-/m1/s1. The Morgan fingerprint density at radius 3 is 2.56 bits per heavy atom. The van der Waals surface area contributed by atoms with Crippen LogP contribution in [0, 0.1) is 0 Å². The summed E-state index contributed by atoms with van der Waals surface area (Å²) in [6.45, 7) is 1.90. The van der Waals surface area contributed by atoms with Gasteiger partial charge < -0.3 is 10.5 Å². The van der Waals surface area contributed by atoms with Crippen LogP contribution in [-0.2, 0) is 0 Å². The first-order valence-corrected chi connectivity index (χ1v) is 6.16. The van der Waals surface area contributed by atoms with Crippen LogP contribution in [0.3, 0.4) is 0 Å². The highest BCUT2D eigenvalue weighted by atomic mass is 35.5. The molecule has 1 heterocycles. The summed E-state index contributed by atoms with van der Waals surface area (Å²) in [6.07, 6.45) is 1.68. The summed E-state index contributed by atoms with van der Waals surface area (Å²) in [5, 5.41) is 1.01. The zero-order chi connectivity index (χ0) is 13.1. The van der Waals surface area contributed by atoms with Crippen LogP contribution in [0.15, 0.2) is 36.5 Å². The van der Waals surface area contributed by atoms with Gasteiger partial charge in [-0.25, -0.2) is 4.98 Å². The van der Waals surface area contributed by atoms with E-state index in [4.69, 9.17) is 33.7 Å². The van der Waals surface area contributed by atoms with Gasteiger partial charge in [-0.3, -0.25) is 0 Å². The van der Waals surface area contributed by atoms with Crippen molar-refractivity contribution in [3.63, 3.8) is 0 Å². The first kappa shape index (κ1) is 13.1. The molecule has 2 aromatic rings. The molecule has 0 fully saturated rings. The van der Waals surface area contributed by atoms with E-state index in [2.05, 4.69) is 4.98 Å². The lowest BCUT2D eigenvalue weighted by molar-refractivity contribution is 0.462. The van der Waals surface area contributed by atoms with Gasteiger partial charge in [0, 0.05) is 23.3 Å². The van der Waals surface area contributed by atoms with Gasteiger partial charge >= 0.3 is 0 Å². The normalized spacial score (nSPS) is 12.2. The van der Waals surface area contributed by atoms with Crippen molar-refractivity contribution < 1.29 is 4.74 Å². The minimum absolute atomic E-state index is 0.0503. The van der Waals surface area contributed by atoms with Crippen LogP contribution in [0.5, 0.6) is 11.6 Å². The molecule has 0 bridgehead atoms. The Balaban J connectivity index is 2.18. The minimum Gasteiger partial charge on any atom is -0.437 e. The number of hydrogen-bond acceptors (Lipinski definition) is 3. The fourth-order valence-corrected chi connectivity index (χ4v) is 1.84. The molecule has 1 atom stereocenters. The van der Waals surface area contributed by atoms with E-state index in [1.165, 1.54) is 0 Å². The molecular weight excluding hydrogens is 271 g/mol. The Morgan fingerprint density at radius 2 is 2.00 bits per heavy atom. The molecule has 0 radical (unpaired) electrons. The third kappa shape index (κ3) is 3.13. The monoisotopic (exact) mass is 282 g/mol. The molecular formula is C13H12Cl2N2O. The van der Waals surface area contributed by atoms with Gasteiger partial charge in [-0.1, -0.05) is 29.3 Å². The molecule has 94 valence electrons. The molecule has 0 saturated carbocycles. The third-order valence-corrected chi connectivity index (χ3v) is 2.92. The fourth-order valence-electron chi connectivity index (χ4n) is 1.39. The summed E-state index contributed by atoms with van der Waals surface area (Å²) >= 11 is 11.8. The van der Waals surface area contributed by atoms with Crippen LogP contribution < -0.4 is 10.5 Å². The Bertz CT molecular complexity index is 541. The molecule has 0 saturated heterocycles. The number of nitrogens with two attached hydrogens (primary N) is 1. The molecule has 0 spiro atoms. The highest BCUT2D eigenvalue weighted by Gasteiger charge is 2.06. The number of hydrogen-bond donors (Lipinski definition) is 1. The van der Waals surface area contributed by atoms with E-state index < -0.39 is 0 Å². The van der Waals surface area contributed by atoms with E-state index in [0.717, 1.165) is 5.56 Å². The Hall–Kier alpha value is -1.29. The van der Waals surface area contributed by atoms with Gasteiger partial charge in [0.25, 0.3) is 0 Å². The molecule has 1 aromatic heterocycles. The van der Waals surface area contributed by atoms with Crippen molar-refractivity contribution in [1.29, 1.82) is 0 Å². The predicted octanol–water partition coefficient (Wildman–Crippen LogP) is 4.20. The maximum absolute atomic E-state index is 6.00. The topological polar surface area (TPSA) is 48.1 Å². The molecule has 1 aromatic carbocycles. The summed E-state index contributed by atoms with van der Waals surface area (Å²) in [5.74, 6) is 0.978. The van der Waals surface area contributed by atoms with Gasteiger partial charge in [-0.15, -0.1) is 0 Å². The number of nitrogens with zero attached hydrogens (tertiary/aromatic N) is 1. The van der Waals surface area contributed by atoms with Gasteiger partial charge in [-0.05, 0) is 30.7 Å². The molecule has 2 N–H and O–H groups in total. The highest BCUT2D eigenvalue weighted by molar-refractivity contribution is 6.35. The second-order valence-electron chi connectivity index (χ2n) is 3.90. The van der Waals surface area contributed by atoms with E-state index in [1.807, 2.05) is 13.0 Å². The van der Waals surface area contributed by atoms with Gasteiger partial charge in [0.2, 0.25) is 5.88 Å². The van der Waals surface area contributed by atoms with Crippen molar-refractivity contribution in [3.05, 3.63) is 52.1 Å². The van der Waals surface area contributed by atoms with Crippen molar-refractivity contribution in [1.82, 2.24) is 4.98 Å². The van der Waals surface area contributed by atoms with Crippen molar-refractivity contribution >= 4 is 23.2 Å². The van der Waals surface area contributed by atoms with Crippen molar-refractivity contribution in [2.45, 2.75) is 13.0 Å². The zero-order valence-electron chi connectivity index (χ0n) is 9.73. The van der Waals surface area contributed by atoms with E-state index in [1.54, 1.807) is 30.5 Å². The van der Waals surface area contributed by atoms with Gasteiger partial charge in [0.1, 0.15) is 5.75 Å². The Morgan fingerprint density at radius 1 is 1.22 bits per heavy atom. The minimum atomic E-state index is -0.0503. The molecule has 3 nitrogen and oxygen atoms in total. The molecule has 2 rings (SSSR count). The van der Waals surface area contributed by atoms with Crippen LogP contribution in [-0.4, -0.2) is 4.98 Å². The molecule has 18 heavy (non-hydrogen) atoms. The molecule has 0 amide bonds. The van der Waals surface area contributed by atoms with Gasteiger partial charge in [-0.2, -0.15) is 0 Å². The Labute approximate surface area is 115 Å². The second kappa shape index (κ2) is 5.57. The third-order valence-electron chi connectivity index (χ3n) is 2.39. The number of aromatic nitrogens is 1. The van der Waals surface area contributed by atoms with Gasteiger partial charge in [0.15, 0.2) is 0 Å². The fraction of sp³-hybridized carbons (Fsp3) is 0.154. The largest absolute Gasteiger partial charge is 0.437 e. The number of pyridine rings is 1. The SMILES string of the molecule is C[C@@H](N)c1ccc(Oc2ccc(Cl)cc2Cl)nc1. The van der Waals surface area contributed by atoms with Crippen molar-refractivity contribution in [3.8, 4) is 11.6 Å². The number of ether oxygens (including phenoxy) is 1. The van der Waals surface area contributed by atoms with Crippen molar-refractivity contribution in [2.75, 3.05) is 0 Å². The predicted molar refractivity (Wildman–Crippen MR) is 73.4 cm³/mol. The summed E-state index contributed by atoms with van der Waals surface area (Å²) in [7, 11) is 0. The van der Waals surface area contributed by atoms with E-state index in [-0.39, 0.29) is 6.04 Å². The first-order valence-electron chi connectivity index (χ1n) is 5.40. The van der Waals surface area contributed by atoms with Crippen LogP contribution >= 0.6 is 23.2 Å². The van der Waals surface area contributed by atoms with Crippen LogP contribution in [0.25, 0.3) is 0 Å². The lowest BCUT2D eigenvalue weighted by Gasteiger charge is -2.08. The molecule has 0 aliphatic carbocycles.